The molecule has 12 atom stereocenters. The summed E-state index contributed by atoms with van der Waals surface area (Å²) in [6, 6.07) is 0. The first-order valence-electron chi connectivity index (χ1n) is 16.5. The van der Waals surface area contributed by atoms with Crippen molar-refractivity contribution in [2.24, 2.45) is 33.6 Å². The smallest absolute Gasteiger partial charge is 0.331 e. The Morgan fingerprint density at radius 1 is 1.12 bits per heavy atom. The van der Waals surface area contributed by atoms with E-state index in [4.69, 9.17) is 23.9 Å². The number of aliphatic hydroxyl groups is 4. The molecule has 0 aromatic heterocycles. The number of carbonyl (C=O) groups excluding carboxylic acids is 1. The Morgan fingerprint density at radius 2 is 1.91 bits per heavy atom. The largest absolute Gasteiger partial charge is 0.458 e. The zero-order chi connectivity index (χ0) is 30.6. The highest BCUT2D eigenvalue weighted by molar-refractivity contribution is 5.85. The summed E-state index contributed by atoms with van der Waals surface area (Å²) in [7, 11) is 1.59. The number of hydrogen-bond acceptors (Lipinski definition) is 10. The zero-order valence-corrected chi connectivity index (χ0v) is 26.0. The van der Waals surface area contributed by atoms with Crippen LogP contribution in [0.1, 0.15) is 84.5 Å². The van der Waals surface area contributed by atoms with Crippen LogP contribution in [0, 0.1) is 28.6 Å². The van der Waals surface area contributed by atoms with E-state index in [2.05, 4.69) is 6.92 Å². The Bertz CT molecular complexity index is 1110. The molecule has 0 amide bonds. The highest BCUT2D eigenvalue weighted by Crippen LogP contribution is 2.70. The Labute approximate surface area is 254 Å². The van der Waals surface area contributed by atoms with Crippen LogP contribution in [-0.2, 0) is 23.7 Å². The number of aliphatic hydroxyl groups excluding tert-OH is 2. The van der Waals surface area contributed by atoms with Crippen LogP contribution >= 0.6 is 0 Å². The molecular weight excluding hydrogens is 554 g/mol. The molecule has 0 aromatic carbocycles. The van der Waals surface area contributed by atoms with Crippen LogP contribution in [0.2, 0.25) is 0 Å². The molecular formula is C33H51NO9. The topological polar surface area (TPSA) is 147 Å². The lowest BCUT2D eigenvalue weighted by Gasteiger charge is -2.66. The third kappa shape index (κ3) is 5.04. The average Bonchev–Trinajstić information content (AvgIpc) is 3.52. The number of methoxy groups -OCH3 is 1. The number of aliphatic imine (C=N–C) groups is 1. The molecule has 43 heavy (non-hydrogen) atoms. The summed E-state index contributed by atoms with van der Waals surface area (Å²) in [5, 5.41) is 45.0. The van der Waals surface area contributed by atoms with Gasteiger partial charge in [0.1, 0.15) is 12.7 Å². The van der Waals surface area contributed by atoms with Crippen molar-refractivity contribution in [2.45, 2.75) is 126 Å². The van der Waals surface area contributed by atoms with E-state index in [1.54, 1.807) is 13.2 Å². The van der Waals surface area contributed by atoms with Crippen molar-refractivity contribution in [1.29, 1.82) is 0 Å². The molecule has 5 fully saturated rings. The minimum absolute atomic E-state index is 0.00313. The van der Waals surface area contributed by atoms with Crippen molar-refractivity contribution in [3.63, 3.8) is 0 Å². The maximum Gasteiger partial charge on any atom is 0.331 e. The van der Waals surface area contributed by atoms with Crippen LogP contribution in [-0.4, -0.2) is 101 Å². The molecule has 4 saturated carbocycles. The predicted molar refractivity (Wildman–Crippen MR) is 157 cm³/mol. The molecule has 4 aliphatic carbocycles. The van der Waals surface area contributed by atoms with Gasteiger partial charge in [0, 0.05) is 56.2 Å². The fourth-order valence-corrected chi connectivity index (χ4v) is 10.4. The maximum absolute atomic E-state index is 12.6. The summed E-state index contributed by atoms with van der Waals surface area (Å²) in [5.41, 5.74) is -1.93. The Kier molecular flexibility index (Phi) is 8.63. The lowest BCUT2D eigenvalue weighted by Crippen LogP contribution is -2.69. The monoisotopic (exact) mass is 605 g/mol. The molecule has 0 bridgehead atoms. The molecule has 6 rings (SSSR count). The molecule has 10 nitrogen and oxygen atoms in total. The van der Waals surface area contributed by atoms with Crippen molar-refractivity contribution in [1.82, 2.24) is 0 Å². The second kappa shape index (κ2) is 11.8. The Balaban J connectivity index is 1.26. The molecule has 2 heterocycles. The van der Waals surface area contributed by atoms with Gasteiger partial charge in [-0.15, -0.1) is 0 Å². The first-order valence-corrected chi connectivity index (χ1v) is 16.5. The van der Waals surface area contributed by atoms with E-state index in [0.29, 0.717) is 58.1 Å². The summed E-state index contributed by atoms with van der Waals surface area (Å²) in [5.74, 6) is -0.125. The molecule has 0 unspecified atom stereocenters. The zero-order valence-electron chi connectivity index (χ0n) is 26.0. The van der Waals surface area contributed by atoms with Gasteiger partial charge in [-0.2, -0.15) is 0 Å². The maximum atomic E-state index is 12.6. The van der Waals surface area contributed by atoms with Crippen molar-refractivity contribution in [3.8, 4) is 0 Å². The van der Waals surface area contributed by atoms with Crippen molar-refractivity contribution in [2.75, 3.05) is 26.9 Å². The molecule has 0 aromatic rings. The molecule has 1 saturated heterocycles. The normalized spacial score (nSPS) is 49.7. The second-order valence-corrected chi connectivity index (χ2v) is 14.5. The number of ether oxygens (including phenoxy) is 4. The fourth-order valence-electron chi connectivity index (χ4n) is 10.4. The van der Waals surface area contributed by atoms with Crippen LogP contribution in [0.15, 0.2) is 16.6 Å². The van der Waals surface area contributed by atoms with Gasteiger partial charge in [-0.05, 0) is 88.0 Å². The van der Waals surface area contributed by atoms with Gasteiger partial charge in [-0.3, -0.25) is 4.99 Å². The van der Waals surface area contributed by atoms with Gasteiger partial charge in [0.05, 0.1) is 29.5 Å². The summed E-state index contributed by atoms with van der Waals surface area (Å²) >= 11 is 0. The fraction of sp³-hybridized carbons (Fsp3) is 0.879. The van der Waals surface area contributed by atoms with Gasteiger partial charge in [-0.1, -0.05) is 6.92 Å². The molecule has 6 aliphatic rings. The van der Waals surface area contributed by atoms with Crippen LogP contribution in [0.4, 0.5) is 0 Å². The van der Waals surface area contributed by atoms with Crippen molar-refractivity contribution < 1.29 is 44.2 Å². The second-order valence-electron chi connectivity index (χ2n) is 14.5. The van der Waals surface area contributed by atoms with E-state index in [9.17, 15) is 25.2 Å². The van der Waals surface area contributed by atoms with Crippen molar-refractivity contribution in [3.05, 3.63) is 11.6 Å². The number of carbonyl (C=O) groups is 1. The SMILES string of the molecule is CO[C@H]1C[C@H](O[C@@H]2CC[C@]3(C=NCCCO)[C@H]4CC[C@]5(C)[C@H](C6=CC(=O)OC6)CC[C@]5(O)[C@@H]4CC[C@]3(O)C2)O[C@H](C)[C@H]1O. The minimum Gasteiger partial charge on any atom is -0.458 e. The van der Waals surface area contributed by atoms with Gasteiger partial charge in [0.25, 0.3) is 0 Å². The van der Waals surface area contributed by atoms with E-state index in [1.165, 1.54) is 0 Å². The lowest BCUT2D eigenvalue weighted by molar-refractivity contribution is -0.284. The summed E-state index contributed by atoms with van der Waals surface area (Å²) in [6.07, 6.45) is 8.64. The van der Waals surface area contributed by atoms with Crippen molar-refractivity contribution >= 4 is 12.2 Å². The number of nitrogens with zero attached hydrogens (tertiary/aromatic N) is 1. The van der Waals surface area contributed by atoms with Gasteiger partial charge < -0.3 is 39.4 Å². The number of esters is 1. The molecule has 0 spiro atoms. The molecule has 10 heteroatoms. The van der Waals surface area contributed by atoms with E-state index in [-0.39, 0.29) is 48.0 Å². The van der Waals surface area contributed by atoms with Gasteiger partial charge in [-0.25, -0.2) is 4.79 Å². The molecule has 4 N–H and O–H groups in total. The Morgan fingerprint density at radius 3 is 2.63 bits per heavy atom. The van der Waals surface area contributed by atoms with E-state index in [0.717, 1.165) is 31.3 Å². The van der Waals surface area contributed by atoms with E-state index >= 15 is 0 Å². The highest BCUT2D eigenvalue weighted by atomic mass is 16.7. The minimum atomic E-state index is -1.06. The molecule has 2 aliphatic heterocycles. The summed E-state index contributed by atoms with van der Waals surface area (Å²) < 4.78 is 23.2. The Hall–Kier alpha value is -1.40. The molecule has 0 radical (unpaired) electrons. The third-order valence-corrected chi connectivity index (χ3v) is 12.7. The predicted octanol–water partition coefficient (Wildman–Crippen LogP) is 2.69. The number of rotatable bonds is 8. The van der Waals surface area contributed by atoms with E-state index < -0.39 is 35.1 Å². The van der Waals surface area contributed by atoms with E-state index in [1.807, 2.05) is 13.1 Å². The van der Waals surface area contributed by atoms with Gasteiger partial charge in [0.2, 0.25) is 0 Å². The van der Waals surface area contributed by atoms with Gasteiger partial charge >= 0.3 is 5.97 Å². The van der Waals surface area contributed by atoms with Crippen LogP contribution in [0.5, 0.6) is 0 Å². The molecule has 242 valence electrons. The van der Waals surface area contributed by atoms with Crippen LogP contribution in [0.25, 0.3) is 0 Å². The number of hydrogen-bond donors (Lipinski definition) is 4. The quantitative estimate of drug-likeness (QED) is 0.142. The third-order valence-electron chi connectivity index (χ3n) is 12.7. The van der Waals surface area contributed by atoms with Gasteiger partial charge in [0.15, 0.2) is 6.29 Å². The van der Waals surface area contributed by atoms with Crippen LogP contribution in [0.3, 0.4) is 0 Å². The first-order chi connectivity index (χ1) is 20.5. The highest BCUT2D eigenvalue weighted by Gasteiger charge is 2.71. The summed E-state index contributed by atoms with van der Waals surface area (Å²) in [4.78, 5) is 16.7. The summed E-state index contributed by atoms with van der Waals surface area (Å²) in [6.45, 7) is 4.90. The van der Waals surface area contributed by atoms with Crippen LogP contribution < -0.4 is 0 Å². The number of cyclic esters (lactones) is 1. The number of fused-ring (bicyclic) bond motifs is 5. The lowest BCUT2D eigenvalue weighted by atomic mass is 9.41. The average molecular weight is 606 g/mol. The standard InChI is InChI=1S/C33H51NO9/c1-20-29(37)26(40-3)16-28(42-20)43-22-5-10-31(19-34-13-4-14-35)24-6-9-30(2)23(21-15-27(36)41-18-21)8-12-33(30,39)25(24)7-11-32(31,38)17-22/h15,19-20,22-26,28-29,35,37-39H,4-14,16-18H2,1-3H3/t20-,22-,23+,24+,25-,26+,28+,29-,30-,31+,32+,33+/m1/s1. The first kappa shape index (κ1) is 31.6.